The van der Waals surface area contributed by atoms with Gasteiger partial charge in [0, 0.05) is 0 Å². The highest BCUT2D eigenvalue weighted by Gasteiger charge is 2.31. The summed E-state index contributed by atoms with van der Waals surface area (Å²) in [7, 11) is -0.640. The summed E-state index contributed by atoms with van der Waals surface area (Å²) in [5, 5.41) is 0. The second-order valence-electron chi connectivity index (χ2n) is 16.7. The number of unbranched alkanes of at least 4 members (excludes halogenated alkanes) is 30. The van der Waals surface area contributed by atoms with Crippen LogP contribution in [0.1, 0.15) is 279 Å². The van der Waals surface area contributed by atoms with E-state index in [1.807, 2.05) is 23.5 Å². The maximum atomic E-state index is 6.61. The van der Waals surface area contributed by atoms with E-state index in [-0.39, 0.29) is 16.3 Å². The van der Waals surface area contributed by atoms with Crippen molar-refractivity contribution in [1.29, 1.82) is 0 Å². The van der Waals surface area contributed by atoms with E-state index in [4.69, 9.17) is 26.6 Å². The van der Waals surface area contributed by atoms with Crippen LogP contribution in [0, 0.1) is 0 Å². The van der Waals surface area contributed by atoms with Gasteiger partial charge in [0.05, 0.1) is 16.3 Å². The number of thiol groups is 1. The zero-order chi connectivity index (χ0) is 40.1. The lowest BCUT2D eigenvalue weighted by molar-refractivity contribution is 0.0635. The standard InChI is InChI=1S/C48H99BO3S3/c1-6-11-13-15-17-19-21-23-25-27-29-31-33-35-37-39-44-54-47(42-9-4)51-49(50-46(53)41-8-3)52-48(43-10-5)55-45-40-38-36-34-32-30-28-26-24-22-20-18-16-14-12-7-2/h46-48,53H,6-45H2,1-5H3. The summed E-state index contributed by atoms with van der Waals surface area (Å²) in [5.74, 6) is 2.31. The van der Waals surface area contributed by atoms with Crippen LogP contribution in [0.3, 0.4) is 0 Å². The highest BCUT2D eigenvalue weighted by molar-refractivity contribution is 8.00. The van der Waals surface area contributed by atoms with E-state index in [0.29, 0.717) is 0 Å². The third-order valence-electron chi connectivity index (χ3n) is 11.0. The van der Waals surface area contributed by atoms with E-state index in [1.165, 1.54) is 205 Å². The van der Waals surface area contributed by atoms with Crippen LogP contribution in [0.4, 0.5) is 0 Å². The largest absolute Gasteiger partial charge is 0.641 e. The van der Waals surface area contributed by atoms with Gasteiger partial charge in [-0.1, -0.05) is 247 Å². The summed E-state index contributed by atoms with van der Waals surface area (Å²) in [6.07, 6.45) is 51.5. The van der Waals surface area contributed by atoms with Crippen molar-refractivity contribution in [3.8, 4) is 0 Å². The Morgan fingerprint density at radius 3 is 0.836 bits per heavy atom. The highest BCUT2D eigenvalue weighted by Crippen LogP contribution is 2.27. The Balaban J connectivity index is 4.25. The molecule has 0 radical (unpaired) electrons. The van der Waals surface area contributed by atoms with Gasteiger partial charge in [0.1, 0.15) is 0 Å². The van der Waals surface area contributed by atoms with Gasteiger partial charge in [-0.2, -0.15) is 0 Å². The first-order chi connectivity index (χ1) is 27.1. The maximum absolute atomic E-state index is 6.61. The van der Waals surface area contributed by atoms with Crippen molar-refractivity contribution in [2.24, 2.45) is 0 Å². The van der Waals surface area contributed by atoms with E-state index in [0.717, 1.165) is 50.0 Å². The molecular weight excluding hydrogens is 732 g/mol. The summed E-state index contributed by atoms with van der Waals surface area (Å²) < 4.78 is 19.5. The average molecular weight is 831 g/mol. The second kappa shape index (κ2) is 47.7. The van der Waals surface area contributed by atoms with Gasteiger partial charge in [-0.25, -0.2) is 0 Å². The molecule has 3 unspecified atom stereocenters. The fourth-order valence-corrected chi connectivity index (χ4v) is 10.1. The van der Waals surface area contributed by atoms with Crippen molar-refractivity contribution in [1.82, 2.24) is 0 Å². The summed E-state index contributed by atoms with van der Waals surface area (Å²) in [4.78, 5) is 0. The van der Waals surface area contributed by atoms with Crippen molar-refractivity contribution >= 4 is 43.5 Å². The predicted molar refractivity (Wildman–Crippen MR) is 258 cm³/mol. The Bertz CT molecular complexity index is 655. The van der Waals surface area contributed by atoms with E-state index < -0.39 is 7.32 Å². The minimum atomic E-state index is -0.640. The zero-order valence-corrected chi connectivity index (χ0v) is 40.6. The first kappa shape index (κ1) is 56.0. The SMILES string of the molecule is CCCCCCCCCCCCCCCCCCSC(CCC)OB(OC(S)CCC)OC(CCC)SCCCCCCCCCCCCCCCCCC. The van der Waals surface area contributed by atoms with Crippen LogP contribution in [-0.2, 0) is 14.0 Å². The molecule has 0 heterocycles. The summed E-state index contributed by atoms with van der Waals surface area (Å²) in [6.45, 7) is 11.3. The smallest absolute Gasteiger partial charge is 0.374 e. The lowest BCUT2D eigenvalue weighted by Crippen LogP contribution is -2.36. The van der Waals surface area contributed by atoms with E-state index in [9.17, 15) is 0 Å². The lowest BCUT2D eigenvalue weighted by Gasteiger charge is -2.27. The molecule has 0 aliphatic carbocycles. The molecule has 55 heavy (non-hydrogen) atoms. The normalized spacial score (nSPS) is 13.4. The maximum Gasteiger partial charge on any atom is 0.641 e. The molecule has 0 aromatic heterocycles. The predicted octanol–water partition coefficient (Wildman–Crippen LogP) is 18.3. The minimum Gasteiger partial charge on any atom is -0.374 e. The van der Waals surface area contributed by atoms with Gasteiger partial charge in [-0.3, -0.25) is 0 Å². The fraction of sp³-hybridized carbons (Fsp3) is 1.00. The summed E-state index contributed by atoms with van der Waals surface area (Å²) in [5.41, 5.74) is 0.0670. The molecule has 0 aliphatic rings. The van der Waals surface area contributed by atoms with Crippen molar-refractivity contribution in [2.45, 2.75) is 295 Å². The Labute approximate surface area is 362 Å². The van der Waals surface area contributed by atoms with Crippen LogP contribution >= 0.6 is 36.2 Å². The molecule has 0 rings (SSSR count). The molecule has 0 spiro atoms. The van der Waals surface area contributed by atoms with E-state index >= 15 is 0 Å². The Morgan fingerprint density at radius 1 is 0.327 bits per heavy atom. The molecule has 7 heteroatoms. The van der Waals surface area contributed by atoms with Crippen LogP contribution in [0.5, 0.6) is 0 Å². The Kier molecular flexibility index (Phi) is 48.5. The molecular formula is C48H99BO3S3. The van der Waals surface area contributed by atoms with Crippen LogP contribution in [0.15, 0.2) is 0 Å². The van der Waals surface area contributed by atoms with Crippen LogP contribution in [0.25, 0.3) is 0 Å². The van der Waals surface area contributed by atoms with Gasteiger partial charge in [-0.15, -0.1) is 36.2 Å². The summed E-state index contributed by atoms with van der Waals surface area (Å²) >= 11 is 8.68. The van der Waals surface area contributed by atoms with Crippen LogP contribution < -0.4 is 0 Å². The first-order valence-corrected chi connectivity index (χ1v) is 27.6. The van der Waals surface area contributed by atoms with Gasteiger partial charge in [-0.05, 0) is 43.6 Å². The monoisotopic (exact) mass is 831 g/mol. The third-order valence-corrected chi connectivity index (χ3v) is 13.8. The fourth-order valence-electron chi connectivity index (χ4n) is 7.37. The number of hydrogen-bond donors (Lipinski definition) is 1. The van der Waals surface area contributed by atoms with Gasteiger partial charge in [0.15, 0.2) is 0 Å². The molecule has 0 amide bonds. The third kappa shape index (κ3) is 42.9. The van der Waals surface area contributed by atoms with Crippen molar-refractivity contribution < 1.29 is 14.0 Å². The Hall–Kier alpha value is 0.995. The number of hydrogen-bond acceptors (Lipinski definition) is 6. The molecule has 0 saturated carbocycles. The minimum absolute atomic E-state index is 0.112. The second-order valence-corrected chi connectivity index (χ2v) is 19.8. The van der Waals surface area contributed by atoms with Crippen LogP contribution in [-0.4, -0.2) is 35.1 Å². The molecule has 0 bridgehead atoms. The topological polar surface area (TPSA) is 27.7 Å². The molecule has 0 aromatic carbocycles. The molecule has 0 aliphatic heterocycles. The number of thioether (sulfide) groups is 2. The quantitative estimate of drug-likeness (QED) is 0.0285. The van der Waals surface area contributed by atoms with Crippen LogP contribution in [0.2, 0.25) is 0 Å². The molecule has 0 fully saturated rings. The van der Waals surface area contributed by atoms with E-state index in [1.54, 1.807) is 0 Å². The molecule has 3 atom stereocenters. The molecule has 330 valence electrons. The highest BCUT2D eigenvalue weighted by atomic mass is 32.2. The zero-order valence-electron chi connectivity index (χ0n) is 38.1. The lowest BCUT2D eigenvalue weighted by atomic mass is 10.0. The van der Waals surface area contributed by atoms with Gasteiger partial charge >= 0.3 is 7.32 Å². The van der Waals surface area contributed by atoms with Gasteiger partial charge < -0.3 is 14.0 Å². The Morgan fingerprint density at radius 2 is 0.582 bits per heavy atom. The van der Waals surface area contributed by atoms with Gasteiger partial charge in [0.2, 0.25) is 0 Å². The van der Waals surface area contributed by atoms with Gasteiger partial charge in [0.25, 0.3) is 0 Å². The molecule has 0 saturated heterocycles. The first-order valence-electron chi connectivity index (χ1n) is 25.0. The van der Waals surface area contributed by atoms with Crippen molar-refractivity contribution in [3.63, 3.8) is 0 Å². The number of rotatable bonds is 48. The molecule has 0 N–H and O–H groups in total. The van der Waals surface area contributed by atoms with Crippen molar-refractivity contribution in [3.05, 3.63) is 0 Å². The van der Waals surface area contributed by atoms with Crippen molar-refractivity contribution in [2.75, 3.05) is 11.5 Å². The van der Waals surface area contributed by atoms with E-state index in [2.05, 4.69) is 34.6 Å². The average Bonchev–Trinajstić information content (AvgIpc) is 3.17. The molecule has 0 aromatic rings. The summed E-state index contributed by atoms with van der Waals surface area (Å²) in [6, 6.07) is 0. The molecule has 3 nitrogen and oxygen atoms in total.